The molecule has 0 radical (unpaired) electrons. The van der Waals surface area contributed by atoms with Crippen molar-refractivity contribution in [2.75, 3.05) is 6.61 Å². The molecule has 0 unspecified atom stereocenters. The van der Waals surface area contributed by atoms with Crippen molar-refractivity contribution in [3.8, 4) is 0 Å². The Hall–Kier alpha value is -2.62. The molecule has 3 atom stereocenters. The van der Waals surface area contributed by atoms with Gasteiger partial charge in [0, 0.05) is 0 Å². The molecule has 26 heavy (non-hydrogen) atoms. The summed E-state index contributed by atoms with van der Waals surface area (Å²) < 4.78 is 5.33. The van der Waals surface area contributed by atoms with E-state index in [0.29, 0.717) is 0 Å². The summed E-state index contributed by atoms with van der Waals surface area (Å²) in [7, 11) is 0. The first-order valence-electron chi connectivity index (χ1n) is 9.08. The monoisotopic (exact) mass is 353 g/mol. The van der Waals surface area contributed by atoms with E-state index in [-0.39, 0.29) is 36.4 Å². The molecule has 1 N–H and O–H groups in total. The zero-order valence-corrected chi connectivity index (χ0v) is 15.6. The van der Waals surface area contributed by atoms with Crippen LogP contribution in [0.1, 0.15) is 50.3 Å². The fraction of sp³-hybridized carbons (Fsp3) is 0.364. The molecule has 2 rings (SSSR count). The van der Waals surface area contributed by atoms with Gasteiger partial charge >= 0.3 is 5.97 Å². The van der Waals surface area contributed by atoms with Gasteiger partial charge in [-0.25, -0.2) is 0 Å². The maximum absolute atomic E-state index is 12.6. The van der Waals surface area contributed by atoms with Crippen molar-refractivity contribution in [1.82, 2.24) is 5.32 Å². The van der Waals surface area contributed by atoms with Crippen molar-refractivity contribution in [3.05, 3.63) is 71.8 Å². The average molecular weight is 353 g/mol. The predicted molar refractivity (Wildman–Crippen MR) is 103 cm³/mol. The fourth-order valence-electron chi connectivity index (χ4n) is 2.93. The fourth-order valence-corrected chi connectivity index (χ4v) is 2.93. The van der Waals surface area contributed by atoms with Crippen molar-refractivity contribution in [1.29, 1.82) is 0 Å². The predicted octanol–water partition coefficient (Wildman–Crippen LogP) is 4.24. The van der Waals surface area contributed by atoms with Crippen molar-refractivity contribution >= 4 is 11.9 Å². The van der Waals surface area contributed by atoms with Crippen LogP contribution in [-0.2, 0) is 14.3 Å². The van der Waals surface area contributed by atoms with Crippen molar-refractivity contribution in [2.45, 2.75) is 39.2 Å². The minimum Gasteiger partial charge on any atom is -0.455 e. The Bertz CT molecular complexity index is 700. The molecule has 0 aromatic heterocycles. The van der Waals surface area contributed by atoms with E-state index in [0.717, 1.165) is 17.5 Å². The summed E-state index contributed by atoms with van der Waals surface area (Å²) in [6, 6.07) is 19.1. The van der Waals surface area contributed by atoms with Crippen LogP contribution >= 0.6 is 0 Å². The number of benzene rings is 2. The molecule has 4 nitrogen and oxygen atoms in total. The van der Waals surface area contributed by atoms with E-state index in [9.17, 15) is 9.59 Å². The highest BCUT2D eigenvalue weighted by molar-refractivity contribution is 5.83. The van der Waals surface area contributed by atoms with Crippen LogP contribution in [0.2, 0.25) is 0 Å². The summed E-state index contributed by atoms with van der Waals surface area (Å²) in [5, 5.41) is 2.86. The minimum atomic E-state index is -0.361. The SMILES string of the molecule is CC[C@@H](C)[C@@H](C(=O)OCC(=O)N[C@@H](C)c1ccccc1)c1ccccc1. The molecule has 0 spiro atoms. The van der Waals surface area contributed by atoms with Gasteiger partial charge in [0.25, 0.3) is 5.91 Å². The number of rotatable bonds is 8. The lowest BCUT2D eigenvalue weighted by molar-refractivity contribution is -0.151. The van der Waals surface area contributed by atoms with Gasteiger partial charge in [0.05, 0.1) is 12.0 Å². The van der Waals surface area contributed by atoms with Crippen LogP contribution < -0.4 is 5.32 Å². The van der Waals surface area contributed by atoms with Crippen molar-refractivity contribution in [2.24, 2.45) is 5.92 Å². The maximum atomic E-state index is 12.6. The smallest absolute Gasteiger partial charge is 0.314 e. The Balaban J connectivity index is 1.94. The number of ether oxygens (including phenoxy) is 1. The van der Waals surface area contributed by atoms with E-state index in [2.05, 4.69) is 5.32 Å². The summed E-state index contributed by atoms with van der Waals surface area (Å²) >= 11 is 0. The van der Waals surface area contributed by atoms with Crippen LogP contribution in [0.25, 0.3) is 0 Å². The van der Waals surface area contributed by atoms with E-state index in [1.165, 1.54) is 0 Å². The zero-order valence-electron chi connectivity index (χ0n) is 15.6. The summed E-state index contributed by atoms with van der Waals surface area (Å²) in [5.74, 6) is -0.879. The highest BCUT2D eigenvalue weighted by Gasteiger charge is 2.27. The standard InChI is InChI=1S/C22H27NO3/c1-4-16(2)21(19-13-9-6-10-14-19)22(25)26-15-20(24)23-17(3)18-11-7-5-8-12-18/h5-14,16-17,21H,4,15H2,1-3H3,(H,23,24)/t16-,17+,21-/m1/s1. The first kappa shape index (κ1) is 19.7. The van der Waals surface area contributed by atoms with Gasteiger partial charge in [-0.05, 0) is 24.0 Å². The molecule has 2 aromatic rings. The molecule has 0 aliphatic carbocycles. The van der Waals surface area contributed by atoms with E-state index in [1.54, 1.807) is 0 Å². The number of carbonyl (C=O) groups is 2. The topological polar surface area (TPSA) is 55.4 Å². The Morgan fingerprint density at radius 3 is 2.00 bits per heavy atom. The van der Waals surface area contributed by atoms with Gasteiger partial charge in [-0.15, -0.1) is 0 Å². The number of amides is 1. The molecule has 138 valence electrons. The first-order chi connectivity index (χ1) is 12.5. The quantitative estimate of drug-likeness (QED) is 0.722. The largest absolute Gasteiger partial charge is 0.455 e. The Kier molecular flexibility index (Phi) is 7.39. The lowest BCUT2D eigenvalue weighted by Crippen LogP contribution is -2.32. The molecular weight excluding hydrogens is 326 g/mol. The molecule has 1 amide bonds. The second-order valence-electron chi connectivity index (χ2n) is 6.58. The van der Waals surface area contributed by atoms with Crippen molar-refractivity contribution in [3.63, 3.8) is 0 Å². The summed E-state index contributed by atoms with van der Waals surface area (Å²) in [5.41, 5.74) is 1.93. The normalized spacial score (nSPS) is 14.1. The van der Waals surface area contributed by atoms with Crippen LogP contribution in [0.5, 0.6) is 0 Å². The highest BCUT2D eigenvalue weighted by atomic mass is 16.5. The van der Waals surface area contributed by atoms with E-state index >= 15 is 0 Å². The van der Waals surface area contributed by atoms with Gasteiger partial charge in [-0.3, -0.25) is 9.59 Å². The van der Waals surface area contributed by atoms with E-state index in [4.69, 9.17) is 4.74 Å². The Morgan fingerprint density at radius 2 is 1.46 bits per heavy atom. The van der Waals surface area contributed by atoms with E-state index in [1.807, 2.05) is 81.4 Å². The van der Waals surface area contributed by atoms with Crippen LogP contribution in [0.4, 0.5) is 0 Å². The third-order valence-electron chi connectivity index (χ3n) is 4.65. The van der Waals surface area contributed by atoms with Gasteiger partial charge in [-0.2, -0.15) is 0 Å². The van der Waals surface area contributed by atoms with Crippen LogP contribution in [0, 0.1) is 5.92 Å². The Morgan fingerprint density at radius 1 is 0.923 bits per heavy atom. The molecule has 0 bridgehead atoms. The molecule has 0 saturated heterocycles. The molecule has 0 aliphatic heterocycles. The number of hydrogen-bond acceptors (Lipinski definition) is 3. The number of hydrogen-bond donors (Lipinski definition) is 1. The molecule has 4 heteroatoms. The molecule has 2 aromatic carbocycles. The maximum Gasteiger partial charge on any atom is 0.314 e. The third kappa shape index (κ3) is 5.45. The molecule has 0 heterocycles. The second kappa shape index (κ2) is 9.76. The zero-order chi connectivity index (χ0) is 18.9. The number of carbonyl (C=O) groups excluding carboxylic acids is 2. The summed E-state index contributed by atoms with van der Waals surface area (Å²) in [6.45, 7) is 5.70. The lowest BCUT2D eigenvalue weighted by atomic mass is 9.86. The molecule has 0 saturated carbocycles. The van der Waals surface area contributed by atoms with E-state index < -0.39 is 0 Å². The number of nitrogens with one attached hydrogen (secondary N) is 1. The summed E-state index contributed by atoms with van der Waals surface area (Å²) in [6.07, 6.45) is 0.853. The second-order valence-corrected chi connectivity index (χ2v) is 6.58. The first-order valence-corrected chi connectivity index (χ1v) is 9.08. The van der Waals surface area contributed by atoms with Gasteiger partial charge in [-0.1, -0.05) is 80.9 Å². The Labute approximate surface area is 155 Å². The lowest BCUT2D eigenvalue weighted by Gasteiger charge is -2.22. The molecular formula is C22H27NO3. The van der Waals surface area contributed by atoms with Crippen LogP contribution in [0.3, 0.4) is 0 Å². The van der Waals surface area contributed by atoms with Gasteiger partial charge in [0.15, 0.2) is 6.61 Å². The average Bonchev–Trinajstić information content (AvgIpc) is 2.68. The summed E-state index contributed by atoms with van der Waals surface area (Å²) in [4.78, 5) is 24.7. The minimum absolute atomic E-state index is 0.135. The van der Waals surface area contributed by atoms with Crippen LogP contribution in [0.15, 0.2) is 60.7 Å². The van der Waals surface area contributed by atoms with Gasteiger partial charge in [0.2, 0.25) is 0 Å². The van der Waals surface area contributed by atoms with Crippen molar-refractivity contribution < 1.29 is 14.3 Å². The van der Waals surface area contributed by atoms with Crippen LogP contribution in [-0.4, -0.2) is 18.5 Å². The van der Waals surface area contributed by atoms with Gasteiger partial charge in [0.1, 0.15) is 0 Å². The highest BCUT2D eigenvalue weighted by Crippen LogP contribution is 2.28. The number of esters is 1. The van der Waals surface area contributed by atoms with Gasteiger partial charge < -0.3 is 10.1 Å². The third-order valence-corrected chi connectivity index (χ3v) is 4.65. The molecule has 0 aliphatic rings. The molecule has 0 fully saturated rings.